The summed E-state index contributed by atoms with van der Waals surface area (Å²) in [6.45, 7) is 6.86. The number of likely N-dealkylation sites (tertiary alicyclic amines) is 1. The summed E-state index contributed by atoms with van der Waals surface area (Å²) in [6, 6.07) is 17.5. The van der Waals surface area contributed by atoms with Crippen LogP contribution in [-0.4, -0.2) is 37.0 Å². The van der Waals surface area contributed by atoms with E-state index in [1.807, 2.05) is 12.1 Å². The molecule has 0 bridgehead atoms. The highest BCUT2D eigenvalue weighted by molar-refractivity contribution is 5.72. The molecule has 1 fully saturated rings. The van der Waals surface area contributed by atoms with Crippen molar-refractivity contribution < 1.29 is 14.4 Å². The second kappa shape index (κ2) is 7.08. The molecule has 1 atom stereocenters. The summed E-state index contributed by atoms with van der Waals surface area (Å²) in [5.74, 6) is 1.90. The monoisotopic (exact) mass is 392 g/mol. The fourth-order valence-electron chi connectivity index (χ4n) is 5.02. The minimum absolute atomic E-state index is 0.153. The third kappa shape index (κ3) is 3.00. The summed E-state index contributed by atoms with van der Waals surface area (Å²) in [7, 11) is 1.73. The predicted octanol–water partition coefficient (Wildman–Crippen LogP) is 2.77. The lowest BCUT2D eigenvalue weighted by Crippen LogP contribution is -3.16. The van der Waals surface area contributed by atoms with Gasteiger partial charge in [-0.2, -0.15) is 5.01 Å². The highest BCUT2D eigenvalue weighted by atomic mass is 16.5. The highest BCUT2D eigenvalue weighted by Crippen LogP contribution is 2.48. The number of para-hydroxylation sites is 2. The molecule has 3 aliphatic rings. The van der Waals surface area contributed by atoms with Crippen LogP contribution in [0.2, 0.25) is 0 Å². The van der Waals surface area contributed by atoms with Crippen molar-refractivity contribution >= 4 is 5.70 Å². The Hall–Kier alpha value is -2.50. The van der Waals surface area contributed by atoms with Gasteiger partial charge in [0, 0.05) is 11.1 Å². The average molecular weight is 393 g/mol. The molecule has 0 aromatic heterocycles. The highest BCUT2D eigenvalue weighted by Gasteiger charge is 2.53. The van der Waals surface area contributed by atoms with Crippen molar-refractivity contribution in [2.24, 2.45) is 0 Å². The van der Waals surface area contributed by atoms with E-state index in [0.717, 1.165) is 48.7 Å². The molecular weight excluding hydrogens is 362 g/mol. The number of quaternary nitrogens is 1. The lowest BCUT2D eigenvalue weighted by molar-refractivity contribution is -0.929. The van der Waals surface area contributed by atoms with Crippen molar-refractivity contribution in [2.45, 2.75) is 44.5 Å². The smallest absolute Gasteiger partial charge is 0.191 e. The van der Waals surface area contributed by atoms with E-state index in [1.54, 1.807) is 12.0 Å². The van der Waals surface area contributed by atoms with Crippen LogP contribution in [-0.2, 0) is 0 Å². The maximum absolute atomic E-state index is 6.73. The van der Waals surface area contributed by atoms with E-state index in [4.69, 9.17) is 9.47 Å². The number of rotatable bonds is 3. The molecule has 3 aliphatic heterocycles. The van der Waals surface area contributed by atoms with Crippen LogP contribution in [0.1, 0.15) is 43.9 Å². The molecule has 1 spiro atoms. The van der Waals surface area contributed by atoms with Crippen LogP contribution in [0.3, 0.4) is 0 Å². The van der Waals surface area contributed by atoms with Crippen LogP contribution >= 0.6 is 0 Å². The Morgan fingerprint density at radius 3 is 2.59 bits per heavy atom. The van der Waals surface area contributed by atoms with Crippen molar-refractivity contribution in [1.29, 1.82) is 0 Å². The Morgan fingerprint density at radius 1 is 1.10 bits per heavy atom. The van der Waals surface area contributed by atoms with Gasteiger partial charge in [0.1, 0.15) is 11.5 Å². The van der Waals surface area contributed by atoms with E-state index in [9.17, 15) is 0 Å². The molecule has 5 heteroatoms. The number of nitrogens with one attached hydrogen (secondary N) is 2. The molecule has 152 valence electrons. The Balaban J connectivity index is 1.53. The van der Waals surface area contributed by atoms with Crippen LogP contribution < -0.4 is 19.8 Å². The summed E-state index contributed by atoms with van der Waals surface area (Å²) in [5, 5.41) is 2.36. The largest absolute Gasteiger partial charge is 0.496 e. The SMILES string of the molecule is COc1ccccc1C1=C[C@H]2c3ccccc3OC3(CC[NH+](C(C)C)CC3)N2N1. The molecule has 3 heterocycles. The van der Waals surface area contributed by atoms with E-state index >= 15 is 0 Å². The van der Waals surface area contributed by atoms with Gasteiger partial charge in [0.15, 0.2) is 5.72 Å². The van der Waals surface area contributed by atoms with Crippen LogP contribution in [0.4, 0.5) is 0 Å². The van der Waals surface area contributed by atoms with Gasteiger partial charge >= 0.3 is 0 Å². The molecule has 5 rings (SSSR count). The minimum atomic E-state index is -0.322. The number of piperidine rings is 1. The standard InChI is InChI=1S/C24H29N3O2/c1-17(2)26-14-12-24(13-15-26)27-21(19-9-5-7-11-23(19)29-24)16-20(25-27)18-8-4-6-10-22(18)28-3/h4-11,16-17,21,25H,12-15H2,1-3H3/p+1/t21-/m0/s1. The fraction of sp³-hybridized carbons (Fsp3) is 0.417. The topological polar surface area (TPSA) is 38.2 Å². The van der Waals surface area contributed by atoms with Crippen LogP contribution in [0, 0.1) is 0 Å². The quantitative estimate of drug-likeness (QED) is 0.843. The van der Waals surface area contributed by atoms with Gasteiger partial charge in [0.25, 0.3) is 0 Å². The van der Waals surface area contributed by atoms with Gasteiger partial charge in [-0.15, -0.1) is 0 Å². The second-order valence-corrected chi connectivity index (χ2v) is 8.61. The zero-order valence-electron chi connectivity index (χ0n) is 17.4. The summed E-state index contributed by atoms with van der Waals surface area (Å²) in [5.41, 5.74) is 6.78. The summed E-state index contributed by atoms with van der Waals surface area (Å²) in [6.07, 6.45) is 4.33. The van der Waals surface area contributed by atoms with Gasteiger partial charge in [-0.3, -0.25) is 0 Å². The van der Waals surface area contributed by atoms with Gasteiger partial charge in [0.2, 0.25) is 0 Å². The van der Waals surface area contributed by atoms with Gasteiger partial charge < -0.3 is 19.8 Å². The molecule has 0 amide bonds. The molecule has 2 aromatic carbocycles. The minimum Gasteiger partial charge on any atom is -0.496 e. The van der Waals surface area contributed by atoms with Crippen molar-refractivity contribution in [3.63, 3.8) is 0 Å². The molecule has 2 aromatic rings. The van der Waals surface area contributed by atoms with Crippen molar-refractivity contribution in [3.8, 4) is 11.5 Å². The Labute approximate surface area is 172 Å². The Bertz CT molecular complexity index is 931. The fourth-order valence-corrected chi connectivity index (χ4v) is 5.02. The Morgan fingerprint density at radius 2 is 1.83 bits per heavy atom. The number of methoxy groups -OCH3 is 1. The first-order chi connectivity index (χ1) is 14.1. The first-order valence-electron chi connectivity index (χ1n) is 10.6. The summed E-state index contributed by atoms with van der Waals surface area (Å²) < 4.78 is 12.4. The van der Waals surface area contributed by atoms with E-state index < -0.39 is 0 Å². The molecule has 5 nitrogen and oxygen atoms in total. The number of nitrogens with zero attached hydrogens (tertiary/aromatic N) is 1. The summed E-state index contributed by atoms with van der Waals surface area (Å²) in [4.78, 5) is 1.66. The molecule has 29 heavy (non-hydrogen) atoms. The lowest BCUT2D eigenvalue weighted by Gasteiger charge is -2.51. The first kappa shape index (κ1) is 18.5. The van der Waals surface area contributed by atoms with Gasteiger partial charge in [-0.1, -0.05) is 30.3 Å². The molecule has 0 aliphatic carbocycles. The maximum atomic E-state index is 6.73. The average Bonchev–Trinajstić information content (AvgIpc) is 3.21. The van der Waals surface area contributed by atoms with E-state index in [1.165, 1.54) is 5.56 Å². The van der Waals surface area contributed by atoms with Gasteiger partial charge in [-0.25, -0.2) is 0 Å². The lowest BCUT2D eigenvalue weighted by atomic mass is 9.92. The van der Waals surface area contributed by atoms with E-state index in [2.05, 4.69) is 66.8 Å². The Kier molecular flexibility index (Phi) is 4.52. The maximum Gasteiger partial charge on any atom is 0.191 e. The van der Waals surface area contributed by atoms with E-state index in [-0.39, 0.29) is 11.8 Å². The molecule has 0 saturated carbocycles. The van der Waals surface area contributed by atoms with Crippen LogP contribution in [0.15, 0.2) is 54.6 Å². The second-order valence-electron chi connectivity index (χ2n) is 8.61. The van der Waals surface area contributed by atoms with Crippen molar-refractivity contribution in [1.82, 2.24) is 10.4 Å². The van der Waals surface area contributed by atoms with Gasteiger partial charge in [-0.05, 0) is 38.1 Å². The van der Waals surface area contributed by atoms with Gasteiger partial charge in [0.05, 0.1) is 50.8 Å². The number of benzene rings is 2. The normalized spacial score (nSPS) is 28.3. The van der Waals surface area contributed by atoms with Crippen molar-refractivity contribution in [2.75, 3.05) is 20.2 Å². The predicted molar refractivity (Wildman–Crippen MR) is 114 cm³/mol. The zero-order valence-corrected chi connectivity index (χ0v) is 17.4. The first-order valence-corrected chi connectivity index (χ1v) is 10.6. The third-order valence-corrected chi connectivity index (χ3v) is 6.71. The number of hydrogen-bond donors (Lipinski definition) is 2. The van der Waals surface area contributed by atoms with Crippen LogP contribution in [0.5, 0.6) is 11.5 Å². The molecular formula is C24H30N3O2+. The number of fused-ring (bicyclic) bond motifs is 4. The number of ether oxygens (including phenoxy) is 2. The molecule has 0 radical (unpaired) electrons. The molecule has 1 saturated heterocycles. The molecule has 2 N–H and O–H groups in total. The number of hydrazine groups is 1. The number of hydrogen-bond acceptors (Lipinski definition) is 4. The van der Waals surface area contributed by atoms with Crippen molar-refractivity contribution in [3.05, 3.63) is 65.7 Å². The van der Waals surface area contributed by atoms with Crippen LogP contribution in [0.25, 0.3) is 5.70 Å². The third-order valence-electron chi connectivity index (χ3n) is 6.71. The molecule has 0 unspecified atom stereocenters. The zero-order chi connectivity index (χ0) is 20.0. The summed E-state index contributed by atoms with van der Waals surface area (Å²) >= 11 is 0. The van der Waals surface area contributed by atoms with E-state index in [0.29, 0.717) is 6.04 Å².